The molecule has 1 aromatic carbocycles. The lowest BCUT2D eigenvalue weighted by molar-refractivity contribution is 0.120. The summed E-state index contributed by atoms with van der Waals surface area (Å²) in [5, 5.41) is 4.64. The third kappa shape index (κ3) is 4.57. The maximum absolute atomic E-state index is 12.8. The molecule has 3 rings (SSSR count). The maximum Gasteiger partial charge on any atom is 0.257 e. The van der Waals surface area contributed by atoms with E-state index < -0.39 is 13.0 Å². The zero-order valence-corrected chi connectivity index (χ0v) is 14.0. The van der Waals surface area contributed by atoms with Crippen molar-refractivity contribution in [1.29, 1.82) is 0 Å². The van der Waals surface area contributed by atoms with Crippen molar-refractivity contribution >= 4 is 11.6 Å². The summed E-state index contributed by atoms with van der Waals surface area (Å²) < 4.78 is 37.6. The highest BCUT2D eigenvalue weighted by molar-refractivity contribution is 6.32. The van der Waals surface area contributed by atoms with E-state index in [0.29, 0.717) is 47.6 Å². The van der Waals surface area contributed by atoms with Crippen molar-refractivity contribution in [2.75, 3.05) is 6.61 Å². The predicted octanol–water partition coefficient (Wildman–Crippen LogP) is 4.47. The molecular weight excluding hydrogens is 352 g/mol. The van der Waals surface area contributed by atoms with E-state index >= 15 is 0 Å². The molecular formula is C17H16ClF2N3O2. The molecule has 5 nitrogen and oxygen atoms in total. The summed E-state index contributed by atoms with van der Waals surface area (Å²) in [5.41, 5.74) is 0. The van der Waals surface area contributed by atoms with Gasteiger partial charge in [-0.2, -0.15) is 0 Å². The van der Waals surface area contributed by atoms with Crippen molar-refractivity contribution in [1.82, 2.24) is 14.8 Å². The number of hydrogen-bond donors (Lipinski definition) is 0. The minimum absolute atomic E-state index is 0.299. The molecule has 0 amide bonds. The molecule has 8 heteroatoms. The average molecular weight is 368 g/mol. The topological polar surface area (TPSA) is 53.1 Å². The Kier molecular flexibility index (Phi) is 5.65. The Morgan fingerprint density at radius 2 is 2.04 bits per heavy atom. The van der Waals surface area contributed by atoms with Crippen LogP contribution in [0.3, 0.4) is 0 Å². The zero-order chi connectivity index (χ0) is 17.6. The highest BCUT2D eigenvalue weighted by atomic mass is 35.5. The van der Waals surface area contributed by atoms with Crippen molar-refractivity contribution in [2.24, 2.45) is 0 Å². The SMILES string of the molecule is FC(F)Cn1nc(-c2ccco2)nc1CCCOc1ccccc1Cl. The molecule has 0 atom stereocenters. The smallest absolute Gasteiger partial charge is 0.257 e. The number of alkyl halides is 2. The van der Waals surface area contributed by atoms with Crippen LogP contribution in [0.25, 0.3) is 11.6 Å². The van der Waals surface area contributed by atoms with Gasteiger partial charge < -0.3 is 9.15 Å². The molecule has 0 saturated carbocycles. The van der Waals surface area contributed by atoms with E-state index in [-0.39, 0.29) is 0 Å². The Morgan fingerprint density at radius 1 is 1.20 bits per heavy atom. The molecule has 0 aliphatic carbocycles. The van der Waals surface area contributed by atoms with Gasteiger partial charge in [0.2, 0.25) is 5.82 Å². The van der Waals surface area contributed by atoms with Gasteiger partial charge in [0, 0.05) is 6.42 Å². The first-order chi connectivity index (χ1) is 12.1. The Morgan fingerprint density at radius 3 is 2.76 bits per heavy atom. The Hall–Kier alpha value is -2.41. The summed E-state index contributed by atoms with van der Waals surface area (Å²) in [5.74, 6) is 1.80. The van der Waals surface area contributed by atoms with Crippen molar-refractivity contribution in [3.05, 3.63) is 53.5 Å². The zero-order valence-electron chi connectivity index (χ0n) is 13.2. The highest BCUT2D eigenvalue weighted by Gasteiger charge is 2.16. The van der Waals surface area contributed by atoms with Crippen molar-refractivity contribution in [3.8, 4) is 17.3 Å². The number of nitrogens with zero attached hydrogens (tertiary/aromatic N) is 3. The number of aryl methyl sites for hydroxylation is 1. The van der Waals surface area contributed by atoms with Gasteiger partial charge in [0.1, 0.15) is 18.1 Å². The number of para-hydroxylation sites is 1. The van der Waals surface area contributed by atoms with Gasteiger partial charge in [-0.05, 0) is 30.7 Å². The molecule has 0 aliphatic heterocycles. The normalized spacial score (nSPS) is 11.2. The van der Waals surface area contributed by atoms with Gasteiger partial charge in [-0.15, -0.1) is 5.10 Å². The number of halogens is 3. The van der Waals surface area contributed by atoms with Gasteiger partial charge in [0.05, 0.1) is 17.9 Å². The first-order valence-electron chi connectivity index (χ1n) is 7.76. The van der Waals surface area contributed by atoms with Crippen LogP contribution in [0.5, 0.6) is 5.75 Å². The van der Waals surface area contributed by atoms with Crippen molar-refractivity contribution < 1.29 is 17.9 Å². The predicted molar refractivity (Wildman–Crippen MR) is 89.0 cm³/mol. The van der Waals surface area contributed by atoms with E-state index in [1.807, 2.05) is 12.1 Å². The fourth-order valence-electron chi connectivity index (χ4n) is 2.32. The summed E-state index contributed by atoms with van der Waals surface area (Å²) in [6.45, 7) is -0.115. The number of benzene rings is 1. The maximum atomic E-state index is 12.8. The molecule has 0 spiro atoms. The summed E-state index contributed by atoms with van der Waals surface area (Å²) in [6, 6.07) is 10.5. The van der Waals surface area contributed by atoms with E-state index in [1.54, 1.807) is 24.3 Å². The van der Waals surface area contributed by atoms with E-state index in [9.17, 15) is 8.78 Å². The van der Waals surface area contributed by atoms with Crippen LogP contribution < -0.4 is 4.74 Å². The first-order valence-corrected chi connectivity index (χ1v) is 8.14. The molecule has 0 saturated heterocycles. The van der Waals surface area contributed by atoms with Crippen LogP contribution in [0.4, 0.5) is 8.78 Å². The van der Waals surface area contributed by atoms with E-state index in [1.165, 1.54) is 10.9 Å². The van der Waals surface area contributed by atoms with E-state index in [0.717, 1.165) is 0 Å². The summed E-state index contributed by atoms with van der Waals surface area (Å²) >= 11 is 6.02. The monoisotopic (exact) mass is 367 g/mol. The van der Waals surface area contributed by atoms with Gasteiger partial charge in [0.25, 0.3) is 6.43 Å². The number of rotatable bonds is 8. The fourth-order valence-corrected chi connectivity index (χ4v) is 2.51. The molecule has 0 fully saturated rings. The van der Waals surface area contributed by atoms with Crippen LogP contribution in [0.2, 0.25) is 5.02 Å². The van der Waals surface area contributed by atoms with Crippen molar-refractivity contribution in [2.45, 2.75) is 25.8 Å². The third-order valence-corrected chi connectivity index (χ3v) is 3.75. The Balaban J connectivity index is 1.63. The van der Waals surface area contributed by atoms with Gasteiger partial charge >= 0.3 is 0 Å². The molecule has 132 valence electrons. The molecule has 0 bridgehead atoms. The fraction of sp³-hybridized carbons (Fsp3) is 0.294. The lowest BCUT2D eigenvalue weighted by Crippen LogP contribution is -2.13. The second-order valence-electron chi connectivity index (χ2n) is 5.28. The Bertz CT molecular complexity index is 806. The number of furan rings is 1. The molecule has 0 unspecified atom stereocenters. The number of aromatic nitrogens is 3. The summed E-state index contributed by atoms with van der Waals surface area (Å²) in [7, 11) is 0. The highest BCUT2D eigenvalue weighted by Crippen LogP contribution is 2.23. The first kappa shape index (κ1) is 17.4. The van der Waals surface area contributed by atoms with Crippen LogP contribution >= 0.6 is 11.6 Å². The quantitative estimate of drug-likeness (QED) is 0.551. The summed E-state index contributed by atoms with van der Waals surface area (Å²) in [6.07, 6.45) is 0.0138. The van der Waals surface area contributed by atoms with E-state index in [4.69, 9.17) is 20.8 Å². The van der Waals surface area contributed by atoms with Crippen LogP contribution in [0.1, 0.15) is 12.2 Å². The van der Waals surface area contributed by atoms with Gasteiger partial charge in [0.15, 0.2) is 5.76 Å². The summed E-state index contributed by atoms with van der Waals surface area (Å²) in [4.78, 5) is 4.31. The lowest BCUT2D eigenvalue weighted by Gasteiger charge is -2.08. The third-order valence-electron chi connectivity index (χ3n) is 3.44. The standard InChI is InChI=1S/C17H16ClF2N3O2/c18-12-5-1-2-6-13(12)24-10-4-8-16-21-17(14-7-3-9-25-14)22-23(16)11-15(19)20/h1-3,5-7,9,15H,4,8,10-11H2. The van der Waals surface area contributed by atoms with Crippen LogP contribution in [0, 0.1) is 0 Å². The molecule has 0 aliphatic rings. The van der Waals surface area contributed by atoms with Gasteiger partial charge in [-0.25, -0.2) is 18.4 Å². The average Bonchev–Trinajstić information content (AvgIpc) is 3.22. The minimum atomic E-state index is -2.51. The largest absolute Gasteiger partial charge is 0.492 e. The van der Waals surface area contributed by atoms with Crippen LogP contribution in [0.15, 0.2) is 47.1 Å². The number of hydrogen-bond acceptors (Lipinski definition) is 4. The molecule has 2 heterocycles. The molecule has 0 N–H and O–H groups in total. The lowest BCUT2D eigenvalue weighted by atomic mass is 10.3. The molecule has 2 aromatic heterocycles. The van der Waals surface area contributed by atoms with Crippen LogP contribution in [-0.4, -0.2) is 27.8 Å². The van der Waals surface area contributed by atoms with E-state index in [2.05, 4.69) is 10.1 Å². The number of ether oxygens (including phenoxy) is 1. The molecule has 0 radical (unpaired) electrons. The second-order valence-corrected chi connectivity index (χ2v) is 5.69. The minimum Gasteiger partial charge on any atom is -0.492 e. The Labute approximate surface area is 148 Å². The van der Waals surface area contributed by atoms with Crippen LogP contribution in [-0.2, 0) is 13.0 Å². The molecule has 3 aromatic rings. The molecule has 25 heavy (non-hydrogen) atoms. The van der Waals surface area contributed by atoms with Gasteiger partial charge in [-0.1, -0.05) is 23.7 Å². The second kappa shape index (κ2) is 8.11. The van der Waals surface area contributed by atoms with Crippen molar-refractivity contribution in [3.63, 3.8) is 0 Å². The van der Waals surface area contributed by atoms with Gasteiger partial charge in [-0.3, -0.25) is 0 Å².